The number of nitrogens with zero attached hydrogens (tertiary/aromatic N) is 4. The normalized spacial score (nSPS) is 12.3. The molecule has 0 amide bonds. The van der Waals surface area contributed by atoms with Crippen molar-refractivity contribution in [2.45, 2.75) is 13.0 Å². The molecule has 0 saturated heterocycles. The standard InChI is InChI=1S/C12H17N5O2S/c1-19-11-8-9(4-5-10(11)13)12-14-15-16-17(12)6-3-7-20(2)18/h4-5,8H,3,6-7,13H2,1-2H3. The van der Waals surface area contributed by atoms with E-state index >= 15 is 0 Å². The predicted molar refractivity (Wildman–Crippen MR) is 77.8 cm³/mol. The highest BCUT2D eigenvalue weighted by atomic mass is 32.2. The van der Waals surface area contributed by atoms with Gasteiger partial charge in [-0.15, -0.1) is 5.10 Å². The summed E-state index contributed by atoms with van der Waals surface area (Å²) in [6, 6.07) is 5.40. The fourth-order valence-corrected chi connectivity index (χ4v) is 2.37. The summed E-state index contributed by atoms with van der Waals surface area (Å²) < 4.78 is 18.0. The first-order chi connectivity index (χ1) is 9.61. The molecule has 1 aromatic heterocycles. The number of benzene rings is 1. The smallest absolute Gasteiger partial charge is 0.182 e. The number of ether oxygens (including phenoxy) is 1. The van der Waals surface area contributed by atoms with Crippen LogP contribution in [0.3, 0.4) is 0 Å². The van der Waals surface area contributed by atoms with E-state index in [0.717, 1.165) is 12.0 Å². The molecule has 1 atom stereocenters. The van der Waals surface area contributed by atoms with Crippen molar-refractivity contribution in [1.29, 1.82) is 0 Å². The summed E-state index contributed by atoms with van der Waals surface area (Å²) in [5.41, 5.74) is 7.19. The summed E-state index contributed by atoms with van der Waals surface area (Å²) in [5.74, 6) is 1.86. The van der Waals surface area contributed by atoms with E-state index in [1.54, 1.807) is 30.2 Å². The van der Waals surface area contributed by atoms with Gasteiger partial charge in [0.15, 0.2) is 5.82 Å². The second-order valence-electron chi connectivity index (χ2n) is 4.31. The van der Waals surface area contributed by atoms with Gasteiger partial charge in [-0.3, -0.25) is 4.21 Å². The van der Waals surface area contributed by atoms with E-state index in [2.05, 4.69) is 15.5 Å². The Morgan fingerprint density at radius 2 is 2.25 bits per heavy atom. The van der Waals surface area contributed by atoms with Gasteiger partial charge in [-0.1, -0.05) is 0 Å². The average molecular weight is 295 g/mol. The van der Waals surface area contributed by atoms with Crippen LogP contribution in [0.4, 0.5) is 5.69 Å². The topological polar surface area (TPSA) is 95.9 Å². The minimum Gasteiger partial charge on any atom is -0.495 e. The summed E-state index contributed by atoms with van der Waals surface area (Å²) in [7, 11) is 0.760. The van der Waals surface area contributed by atoms with Crippen molar-refractivity contribution < 1.29 is 8.95 Å². The molecule has 0 bridgehead atoms. The van der Waals surface area contributed by atoms with E-state index < -0.39 is 10.8 Å². The molecule has 0 saturated carbocycles. The Labute approximate surface area is 119 Å². The molecule has 0 spiro atoms. The average Bonchev–Trinajstić information content (AvgIpc) is 2.87. The zero-order valence-electron chi connectivity index (χ0n) is 11.4. The van der Waals surface area contributed by atoms with Crippen LogP contribution in [-0.2, 0) is 17.3 Å². The van der Waals surface area contributed by atoms with Crippen LogP contribution < -0.4 is 10.5 Å². The van der Waals surface area contributed by atoms with Gasteiger partial charge in [0.1, 0.15) is 5.75 Å². The third kappa shape index (κ3) is 3.32. The van der Waals surface area contributed by atoms with Crippen molar-refractivity contribution >= 4 is 16.5 Å². The highest BCUT2D eigenvalue weighted by Gasteiger charge is 2.11. The second kappa shape index (κ2) is 6.47. The van der Waals surface area contributed by atoms with Crippen molar-refractivity contribution in [1.82, 2.24) is 20.2 Å². The Hall–Kier alpha value is -1.96. The van der Waals surface area contributed by atoms with E-state index in [-0.39, 0.29) is 0 Å². The first-order valence-corrected chi connectivity index (χ1v) is 7.84. The molecule has 1 unspecified atom stereocenters. The Morgan fingerprint density at radius 1 is 1.45 bits per heavy atom. The molecule has 2 aromatic rings. The number of rotatable bonds is 6. The minimum atomic E-state index is -0.805. The number of anilines is 1. The zero-order valence-corrected chi connectivity index (χ0v) is 12.3. The molecule has 1 heterocycles. The van der Waals surface area contributed by atoms with Crippen molar-refractivity contribution in [2.24, 2.45) is 0 Å². The molecule has 2 N–H and O–H groups in total. The Bertz CT molecular complexity index is 614. The van der Waals surface area contributed by atoms with Gasteiger partial charge in [0.2, 0.25) is 0 Å². The molecule has 2 rings (SSSR count). The minimum absolute atomic E-state index is 0.566. The number of aromatic nitrogens is 4. The summed E-state index contributed by atoms with van der Waals surface area (Å²) in [6.45, 7) is 0.620. The first kappa shape index (κ1) is 14.4. The number of hydrogen-bond donors (Lipinski definition) is 1. The highest BCUT2D eigenvalue weighted by Crippen LogP contribution is 2.27. The van der Waals surface area contributed by atoms with Crippen LogP contribution in [0.25, 0.3) is 11.4 Å². The van der Waals surface area contributed by atoms with E-state index in [1.807, 2.05) is 6.07 Å². The summed E-state index contributed by atoms with van der Waals surface area (Å²) in [5, 5.41) is 11.7. The molecular weight excluding hydrogens is 278 g/mol. The molecule has 1 aromatic carbocycles. The second-order valence-corrected chi connectivity index (χ2v) is 5.87. The molecule has 0 aliphatic rings. The number of methoxy groups -OCH3 is 1. The lowest BCUT2D eigenvalue weighted by atomic mass is 10.2. The zero-order chi connectivity index (χ0) is 14.5. The van der Waals surface area contributed by atoms with Gasteiger partial charge in [0.05, 0.1) is 12.8 Å². The van der Waals surface area contributed by atoms with Gasteiger partial charge >= 0.3 is 0 Å². The van der Waals surface area contributed by atoms with E-state index in [0.29, 0.717) is 29.6 Å². The fourth-order valence-electron chi connectivity index (χ4n) is 1.83. The predicted octanol–water partition coefficient (Wildman–Crippen LogP) is 0.699. The van der Waals surface area contributed by atoms with Crippen LogP contribution in [0, 0.1) is 0 Å². The van der Waals surface area contributed by atoms with Crippen molar-refractivity contribution in [3.05, 3.63) is 18.2 Å². The van der Waals surface area contributed by atoms with E-state index in [1.165, 1.54) is 0 Å². The maximum Gasteiger partial charge on any atom is 0.182 e. The molecule has 0 fully saturated rings. The molecule has 0 aliphatic carbocycles. The van der Waals surface area contributed by atoms with Gasteiger partial charge in [0, 0.05) is 34.9 Å². The fraction of sp³-hybridized carbons (Fsp3) is 0.417. The summed E-state index contributed by atoms with van der Waals surface area (Å²) in [4.78, 5) is 0. The quantitative estimate of drug-likeness (QED) is 0.788. The largest absolute Gasteiger partial charge is 0.495 e. The van der Waals surface area contributed by atoms with Crippen LogP contribution in [0.1, 0.15) is 6.42 Å². The molecule has 20 heavy (non-hydrogen) atoms. The molecule has 0 aliphatic heterocycles. The number of aryl methyl sites for hydroxylation is 1. The Morgan fingerprint density at radius 3 is 2.95 bits per heavy atom. The Kier molecular flexibility index (Phi) is 4.67. The number of tetrazole rings is 1. The van der Waals surface area contributed by atoms with Crippen molar-refractivity contribution in [2.75, 3.05) is 24.9 Å². The van der Waals surface area contributed by atoms with Crippen LogP contribution in [-0.4, -0.2) is 43.5 Å². The van der Waals surface area contributed by atoms with Crippen molar-refractivity contribution in [3.63, 3.8) is 0 Å². The monoisotopic (exact) mass is 295 g/mol. The van der Waals surface area contributed by atoms with Crippen LogP contribution in [0.15, 0.2) is 18.2 Å². The maximum atomic E-state index is 11.1. The molecule has 7 nitrogen and oxygen atoms in total. The number of hydrogen-bond acceptors (Lipinski definition) is 6. The highest BCUT2D eigenvalue weighted by molar-refractivity contribution is 7.84. The first-order valence-electron chi connectivity index (χ1n) is 6.12. The SMILES string of the molecule is COc1cc(-c2nnnn2CCCS(C)=O)ccc1N. The van der Waals surface area contributed by atoms with Crippen molar-refractivity contribution in [3.8, 4) is 17.1 Å². The van der Waals surface area contributed by atoms with Crippen LogP contribution in [0.2, 0.25) is 0 Å². The van der Waals surface area contributed by atoms with Gasteiger partial charge in [-0.2, -0.15) is 0 Å². The third-order valence-corrected chi connectivity index (χ3v) is 3.69. The van der Waals surface area contributed by atoms with Gasteiger partial charge in [0.25, 0.3) is 0 Å². The number of nitrogens with two attached hydrogens (primary N) is 1. The van der Waals surface area contributed by atoms with Gasteiger partial charge in [-0.05, 0) is 35.0 Å². The van der Waals surface area contributed by atoms with Gasteiger partial charge in [-0.25, -0.2) is 4.68 Å². The van der Waals surface area contributed by atoms with E-state index in [9.17, 15) is 4.21 Å². The molecule has 8 heteroatoms. The lowest BCUT2D eigenvalue weighted by Crippen LogP contribution is -2.06. The number of nitrogen functional groups attached to an aromatic ring is 1. The third-order valence-electron chi connectivity index (χ3n) is 2.83. The summed E-state index contributed by atoms with van der Waals surface area (Å²) >= 11 is 0. The van der Waals surface area contributed by atoms with Gasteiger partial charge < -0.3 is 10.5 Å². The van der Waals surface area contributed by atoms with E-state index in [4.69, 9.17) is 10.5 Å². The Balaban J connectivity index is 2.21. The lowest BCUT2D eigenvalue weighted by Gasteiger charge is -2.07. The van der Waals surface area contributed by atoms with Crippen LogP contribution >= 0.6 is 0 Å². The molecule has 0 radical (unpaired) electrons. The van der Waals surface area contributed by atoms with Crippen LogP contribution in [0.5, 0.6) is 5.75 Å². The maximum absolute atomic E-state index is 11.1. The molecular formula is C12H17N5O2S. The lowest BCUT2D eigenvalue weighted by molar-refractivity contribution is 0.417. The summed E-state index contributed by atoms with van der Waals surface area (Å²) in [6.07, 6.45) is 2.44. The molecule has 108 valence electrons.